The molecule has 0 radical (unpaired) electrons. The molecule has 1 aromatic heterocycles. The number of aliphatic hydroxyl groups excluding tert-OH is 2. The quantitative estimate of drug-likeness (QED) is 0.0261. The van der Waals surface area contributed by atoms with Gasteiger partial charge in [0.05, 0.1) is 152 Å². The number of nitrogens with one attached hydrogen (secondary N) is 4. The van der Waals surface area contributed by atoms with Crippen molar-refractivity contribution in [2.75, 3.05) is 127 Å². The van der Waals surface area contributed by atoms with Gasteiger partial charge in [-0.3, -0.25) is 38.4 Å². The van der Waals surface area contributed by atoms with Crippen LogP contribution in [0.1, 0.15) is 206 Å². The molecule has 0 bridgehead atoms. The van der Waals surface area contributed by atoms with Gasteiger partial charge in [0, 0.05) is 79.0 Å². The first-order valence-electron chi connectivity index (χ1n) is 44.0. The molecule has 0 saturated carbocycles. The van der Waals surface area contributed by atoms with Crippen molar-refractivity contribution in [1.29, 1.82) is 0 Å². The number of fused-ring (bicyclic) bond motifs is 1. The highest BCUT2D eigenvalue weighted by atomic mass is 16.6. The first-order valence-corrected chi connectivity index (χ1v) is 44.0. The molecule has 1 unspecified atom stereocenters. The minimum absolute atomic E-state index is 0.0161. The summed E-state index contributed by atoms with van der Waals surface area (Å²) in [6, 6.07) is 10.7. The number of urea groups is 1. The predicted octanol–water partition coefficient (Wildman–Crippen LogP) is 7.10. The number of likely N-dealkylation sites (N-methyl/N-ethyl adjacent to an activating group) is 2. The standard InChI is InChI=1S/C89H146N12O21/c1-15-61(8)82(76(114-13)55-78(107)100-39-25-31-71(100)84(115-14)62(9)85(109)94-63(10)83(108)66-26-18-16-19-27-66)98(11)87(111)68(58(2)3)54-74(105)81(60(6)7)99(12)89(113)122-56-65-35-33-64(34-36-65)52-72(103)67(28-24-38-93-88(91)112)53-73(104)79(59(4)5)95-86(110)69(90)29-22-23-37-92-77(106)57-121-75-32-21-17-20-30-70-80(75)96-97-101(70)40-42-116-44-46-118-48-50-120-51-49-119-47-45-117-43-41-102/h16,18-19,26-27,33-36,58-63,67-69,71,75-76,79,81-84,102,108H,15,17,20-25,28-32,37-57,90H2,1-14H3,(H,92,106)(H,94,109)(H,95,110)(H3,91,93,112)/t61-,62+,63+,67+,68-,69+,71-,75?,76+,79-,81-,82-,83+,84+/m0/s1. The molecule has 10 N–H and O–H groups in total. The number of carbonyl (C=O) groups is 10. The van der Waals surface area contributed by atoms with Gasteiger partial charge in [0.1, 0.15) is 30.8 Å². The number of amides is 8. The van der Waals surface area contributed by atoms with E-state index in [9.17, 15) is 53.1 Å². The zero-order valence-electron chi connectivity index (χ0n) is 75.0. The summed E-state index contributed by atoms with van der Waals surface area (Å²) in [5, 5.41) is 39.9. The van der Waals surface area contributed by atoms with Gasteiger partial charge in [-0.15, -0.1) is 5.10 Å². The summed E-state index contributed by atoms with van der Waals surface area (Å²) in [5.41, 5.74) is 15.3. The van der Waals surface area contributed by atoms with Gasteiger partial charge in [-0.2, -0.15) is 0 Å². The first-order chi connectivity index (χ1) is 58.4. The average molecular weight is 1720 g/mol. The van der Waals surface area contributed by atoms with Crippen molar-refractivity contribution >= 4 is 59.0 Å². The third-order valence-electron chi connectivity index (χ3n) is 23.2. The van der Waals surface area contributed by atoms with Crippen molar-refractivity contribution in [2.24, 2.45) is 52.9 Å². The number of likely N-dealkylation sites (tertiary alicyclic amines) is 1. The number of nitrogens with two attached hydrogens (primary N) is 2. The number of unbranched alkanes of at least 4 members (excludes halogenated alkanes) is 1. The summed E-state index contributed by atoms with van der Waals surface area (Å²) in [5.74, 6) is -6.16. The zero-order chi connectivity index (χ0) is 89.8. The van der Waals surface area contributed by atoms with E-state index >= 15 is 0 Å². The van der Waals surface area contributed by atoms with E-state index in [0.29, 0.717) is 147 Å². The minimum Gasteiger partial charge on any atom is -0.445 e. The number of hydrogen-bond donors (Lipinski definition) is 8. The largest absolute Gasteiger partial charge is 0.445 e. The molecule has 1 aliphatic heterocycles. The maximum Gasteiger partial charge on any atom is 0.410 e. The van der Waals surface area contributed by atoms with Crippen molar-refractivity contribution in [3.05, 3.63) is 82.7 Å². The van der Waals surface area contributed by atoms with E-state index < -0.39 is 96.5 Å². The fourth-order valence-electron chi connectivity index (χ4n) is 16.0. The Balaban J connectivity index is 1.08. The number of aromatic nitrogens is 3. The maximum absolute atomic E-state index is 15.0. The number of hydrogen-bond acceptors (Lipinski definition) is 24. The lowest BCUT2D eigenvalue weighted by atomic mass is 9.83. The van der Waals surface area contributed by atoms with E-state index in [1.54, 1.807) is 80.9 Å². The summed E-state index contributed by atoms with van der Waals surface area (Å²) >= 11 is 0. The second-order valence-corrected chi connectivity index (χ2v) is 33.4. The van der Waals surface area contributed by atoms with Gasteiger partial charge in [0.25, 0.3) is 0 Å². The third kappa shape index (κ3) is 35.2. The van der Waals surface area contributed by atoms with E-state index in [-0.39, 0.29) is 130 Å². The average Bonchev–Trinajstić information content (AvgIpc) is 1.62. The molecule has 2 heterocycles. The van der Waals surface area contributed by atoms with Crippen molar-refractivity contribution in [1.82, 2.24) is 51.0 Å². The topological polar surface area (TPSA) is 435 Å². The number of aliphatic hydroxyl groups is 2. The molecule has 2 aliphatic rings. The van der Waals surface area contributed by atoms with E-state index in [0.717, 1.165) is 37.1 Å². The monoisotopic (exact) mass is 1720 g/mol. The Hall–Kier alpha value is -7.96. The van der Waals surface area contributed by atoms with Crippen LogP contribution in [0.3, 0.4) is 0 Å². The Morgan fingerprint density at radius 2 is 1.28 bits per heavy atom. The van der Waals surface area contributed by atoms with Crippen molar-refractivity contribution in [2.45, 2.75) is 252 Å². The van der Waals surface area contributed by atoms with Crippen LogP contribution in [-0.4, -0.2) is 275 Å². The highest BCUT2D eigenvalue weighted by Gasteiger charge is 2.45. The second kappa shape index (κ2) is 56.8. The molecule has 1 aliphatic carbocycles. The van der Waals surface area contributed by atoms with Crippen LogP contribution in [0.15, 0.2) is 54.6 Å². The van der Waals surface area contributed by atoms with Crippen LogP contribution >= 0.6 is 0 Å². The number of carbonyl (C=O) groups excluding carboxylic acids is 10. The molecule has 688 valence electrons. The van der Waals surface area contributed by atoms with E-state index in [1.165, 1.54) is 26.2 Å². The molecule has 33 heteroatoms. The molecule has 0 spiro atoms. The lowest BCUT2D eigenvalue weighted by Gasteiger charge is -2.41. The van der Waals surface area contributed by atoms with Crippen LogP contribution < -0.4 is 32.7 Å². The lowest BCUT2D eigenvalue weighted by molar-refractivity contribution is -0.149. The SMILES string of the molecule is CC[C@H](C)[C@@H]([C@@H](CC(=O)N1CCC[C@H]1[C@H](OC)[C@@H](C)C(=O)N[C@H](C)[C@@H](O)c1ccccc1)OC)N(C)C(=O)[C@@H](CC(=O)[C@H](C(C)C)N(C)C(=O)OCc1ccc(CC(=O)[C@H](CCCNC(N)=O)CC(=O)[C@@H](NC(=O)[C@H](N)CCCCNC(=O)COC2CCCCCc3c2nnn3CCOCCOCCOCCOCCOCCO)C(C)C)cc1)C(C)C. The fourth-order valence-corrected chi connectivity index (χ4v) is 16.0. The molecule has 2 aromatic carbocycles. The number of Topliss-reactive ketones (excluding diaryl/α,β-unsaturated/α-hetero) is 3. The number of primary amides is 1. The third-order valence-corrected chi connectivity index (χ3v) is 23.2. The van der Waals surface area contributed by atoms with Crippen LogP contribution in [0.25, 0.3) is 0 Å². The number of methoxy groups -OCH3 is 2. The molecule has 14 atom stereocenters. The Labute approximate surface area is 722 Å². The predicted molar refractivity (Wildman–Crippen MR) is 458 cm³/mol. The molecular formula is C89H146N12O21. The Morgan fingerprint density at radius 1 is 0.648 bits per heavy atom. The molecule has 1 saturated heterocycles. The van der Waals surface area contributed by atoms with Crippen molar-refractivity contribution in [3.8, 4) is 0 Å². The smallest absolute Gasteiger partial charge is 0.410 e. The summed E-state index contributed by atoms with van der Waals surface area (Å²) in [4.78, 5) is 143. The number of ketones is 3. The lowest BCUT2D eigenvalue weighted by Crippen LogP contribution is -2.55. The van der Waals surface area contributed by atoms with Gasteiger partial charge in [0.15, 0.2) is 11.6 Å². The molecule has 122 heavy (non-hydrogen) atoms. The summed E-state index contributed by atoms with van der Waals surface area (Å²) < 4.78 is 53.4. The number of rotatable bonds is 61. The Kier molecular flexibility index (Phi) is 48.7. The first kappa shape index (κ1) is 105. The Bertz CT molecular complexity index is 3610. The van der Waals surface area contributed by atoms with Crippen LogP contribution in [0, 0.1) is 41.4 Å². The van der Waals surface area contributed by atoms with Gasteiger partial charge in [-0.25, -0.2) is 14.3 Å². The van der Waals surface area contributed by atoms with Crippen LogP contribution in [0.5, 0.6) is 0 Å². The molecule has 8 amide bonds. The van der Waals surface area contributed by atoms with Gasteiger partial charge in [-0.05, 0) is 111 Å². The number of nitrogens with zero attached hydrogens (tertiary/aromatic N) is 6. The molecule has 5 rings (SSSR count). The summed E-state index contributed by atoms with van der Waals surface area (Å²) in [6.07, 6.45) is 4.04. The zero-order valence-corrected chi connectivity index (χ0v) is 75.0. The van der Waals surface area contributed by atoms with Gasteiger partial charge in [0.2, 0.25) is 29.5 Å². The van der Waals surface area contributed by atoms with E-state index in [1.807, 2.05) is 64.4 Å². The minimum atomic E-state index is -0.977. The van der Waals surface area contributed by atoms with Gasteiger partial charge in [-0.1, -0.05) is 141 Å². The van der Waals surface area contributed by atoms with Crippen molar-refractivity contribution in [3.63, 3.8) is 0 Å². The molecule has 33 nitrogen and oxygen atoms in total. The highest BCUT2D eigenvalue weighted by molar-refractivity contribution is 5.95. The summed E-state index contributed by atoms with van der Waals surface area (Å²) in [7, 11) is 6.21. The van der Waals surface area contributed by atoms with Gasteiger partial charge >= 0.3 is 12.1 Å². The molecule has 3 aromatic rings. The van der Waals surface area contributed by atoms with Crippen molar-refractivity contribution < 1.29 is 101 Å². The number of benzene rings is 2. The maximum atomic E-state index is 15.0. The van der Waals surface area contributed by atoms with E-state index in [4.69, 9.17) is 59.2 Å². The Morgan fingerprint density at radius 3 is 1.88 bits per heavy atom. The number of ether oxygens (including phenoxy) is 9. The van der Waals surface area contributed by atoms with Gasteiger partial charge < -0.3 is 100 Å². The molecule has 1 fully saturated rings. The van der Waals surface area contributed by atoms with Crippen LogP contribution in [0.4, 0.5) is 9.59 Å². The molecular weight excluding hydrogens is 1570 g/mol. The van der Waals surface area contributed by atoms with Crippen LogP contribution in [-0.2, 0) is 107 Å². The van der Waals surface area contributed by atoms with E-state index in [2.05, 4.69) is 31.6 Å². The normalized spacial score (nSPS) is 17.3. The highest BCUT2D eigenvalue weighted by Crippen LogP contribution is 2.34. The fraction of sp³-hybridized carbons (Fsp3) is 0.730. The summed E-state index contributed by atoms with van der Waals surface area (Å²) in [6.45, 7) is 23.6. The second-order valence-electron chi connectivity index (χ2n) is 33.4. The van der Waals surface area contributed by atoms with Crippen LogP contribution in [0.2, 0.25) is 0 Å².